The highest BCUT2D eigenvalue weighted by Crippen LogP contribution is 2.29. The molecule has 1 saturated carbocycles. The average molecular weight is 373 g/mol. The van der Waals surface area contributed by atoms with Gasteiger partial charge in [-0.15, -0.1) is 0 Å². The van der Waals surface area contributed by atoms with E-state index < -0.39 is 0 Å². The first kappa shape index (κ1) is 19.7. The molecule has 2 fully saturated rings. The van der Waals surface area contributed by atoms with Crippen LogP contribution in [0.15, 0.2) is 24.3 Å². The Morgan fingerprint density at radius 3 is 2.41 bits per heavy atom. The van der Waals surface area contributed by atoms with Gasteiger partial charge in [-0.05, 0) is 62.3 Å². The van der Waals surface area contributed by atoms with Crippen molar-refractivity contribution >= 4 is 11.8 Å². The molecule has 148 valence electrons. The third-order valence-electron chi connectivity index (χ3n) is 5.52. The highest BCUT2D eigenvalue weighted by Gasteiger charge is 2.27. The lowest BCUT2D eigenvalue weighted by molar-refractivity contribution is -0.126. The predicted octanol–water partition coefficient (Wildman–Crippen LogP) is 3.63. The second-order valence-corrected chi connectivity index (χ2v) is 7.84. The minimum absolute atomic E-state index is 0.0360. The number of likely N-dealkylation sites (tertiary alicyclic amines) is 1. The molecule has 5 heteroatoms. The van der Waals surface area contributed by atoms with Gasteiger partial charge < -0.3 is 15.0 Å². The van der Waals surface area contributed by atoms with Crippen LogP contribution in [0.3, 0.4) is 0 Å². The SMILES string of the molecule is CCCCCNC(=O)C1CCN(C(=O)c2ccc(OCC3CC3)cc2)CC1. The molecule has 1 heterocycles. The number of carbonyl (C=O) groups excluding carboxylic acids is 2. The molecule has 5 nitrogen and oxygen atoms in total. The molecular weight excluding hydrogens is 340 g/mol. The van der Waals surface area contributed by atoms with Crippen LogP contribution in [0.25, 0.3) is 0 Å². The smallest absolute Gasteiger partial charge is 0.253 e. The van der Waals surface area contributed by atoms with E-state index in [9.17, 15) is 9.59 Å². The fourth-order valence-corrected chi connectivity index (χ4v) is 3.45. The average Bonchev–Trinajstić information content (AvgIpc) is 3.54. The number of unbranched alkanes of at least 4 members (excludes halogenated alkanes) is 2. The van der Waals surface area contributed by atoms with E-state index in [-0.39, 0.29) is 17.7 Å². The molecule has 0 atom stereocenters. The maximum Gasteiger partial charge on any atom is 0.253 e. The van der Waals surface area contributed by atoms with E-state index in [2.05, 4.69) is 12.2 Å². The van der Waals surface area contributed by atoms with E-state index in [1.807, 2.05) is 29.2 Å². The molecule has 2 amide bonds. The molecule has 2 aliphatic rings. The first-order valence-corrected chi connectivity index (χ1v) is 10.5. The summed E-state index contributed by atoms with van der Waals surface area (Å²) in [5.41, 5.74) is 0.691. The lowest BCUT2D eigenvalue weighted by atomic mass is 9.95. The van der Waals surface area contributed by atoms with Gasteiger partial charge in [-0.1, -0.05) is 19.8 Å². The number of nitrogens with one attached hydrogen (secondary N) is 1. The number of rotatable bonds is 9. The number of nitrogens with zero attached hydrogens (tertiary/aromatic N) is 1. The number of ether oxygens (including phenoxy) is 1. The topological polar surface area (TPSA) is 58.6 Å². The number of amides is 2. The Morgan fingerprint density at radius 2 is 1.78 bits per heavy atom. The Labute approximate surface area is 162 Å². The van der Waals surface area contributed by atoms with Crippen LogP contribution in [-0.2, 0) is 4.79 Å². The molecule has 1 N–H and O–H groups in total. The monoisotopic (exact) mass is 372 g/mol. The molecule has 1 aromatic carbocycles. The van der Waals surface area contributed by atoms with E-state index in [1.54, 1.807) is 0 Å². The number of hydrogen-bond donors (Lipinski definition) is 1. The normalized spacial score (nSPS) is 17.6. The minimum Gasteiger partial charge on any atom is -0.493 e. The first-order valence-electron chi connectivity index (χ1n) is 10.5. The van der Waals surface area contributed by atoms with Crippen LogP contribution in [0.1, 0.15) is 62.2 Å². The van der Waals surface area contributed by atoms with Crippen LogP contribution in [0.4, 0.5) is 0 Å². The van der Waals surface area contributed by atoms with Crippen LogP contribution in [0.2, 0.25) is 0 Å². The Hall–Kier alpha value is -2.04. The molecule has 1 aliphatic heterocycles. The van der Waals surface area contributed by atoms with Crippen molar-refractivity contribution in [3.05, 3.63) is 29.8 Å². The van der Waals surface area contributed by atoms with Gasteiger partial charge in [0.05, 0.1) is 6.61 Å². The molecule has 27 heavy (non-hydrogen) atoms. The summed E-state index contributed by atoms with van der Waals surface area (Å²) in [7, 11) is 0. The minimum atomic E-state index is 0.0360. The zero-order valence-corrected chi connectivity index (χ0v) is 16.4. The summed E-state index contributed by atoms with van der Waals surface area (Å²) in [6.45, 7) is 4.99. The van der Waals surface area contributed by atoms with E-state index >= 15 is 0 Å². The van der Waals surface area contributed by atoms with E-state index in [0.29, 0.717) is 18.7 Å². The van der Waals surface area contributed by atoms with E-state index in [0.717, 1.165) is 56.9 Å². The molecule has 0 aromatic heterocycles. The third-order valence-corrected chi connectivity index (χ3v) is 5.52. The highest BCUT2D eigenvalue weighted by molar-refractivity contribution is 5.94. The molecule has 3 rings (SSSR count). The standard InChI is InChI=1S/C22H32N2O3/c1-2-3-4-13-23-21(25)18-11-14-24(15-12-18)22(26)19-7-9-20(10-8-19)27-16-17-5-6-17/h7-10,17-18H,2-6,11-16H2,1H3,(H,23,25). The van der Waals surface area contributed by atoms with Gasteiger partial charge >= 0.3 is 0 Å². The van der Waals surface area contributed by atoms with Crippen molar-refractivity contribution in [2.24, 2.45) is 11.8 Å². The van der Waals surface area contributed by atoms with Gasteiger partial charge in [0.25, 0.3) is 5.91 Å². The molecule has 1 aliphatic carbocycles. The van der Waals surface area contributed by atoms with Crippen molar-refractivity contribution in [1.82, 2.24) is 10.2 Å². The summed E-state index contributed by atoms with van der Waals surface area (Å²) in [6, 6.07) is 7.45. The van der Waals surface area contributed by atoms with Crippen molar-refractivity contribution in [3.63, 3.8) is 0 Å². The molecule has 0 bridgehead atoms. The van der Waals surface area contributed by atoms with E-state index in [1.165, 1.54) is 12.8 Å². The van der Waals surface area contributed by atoms with Gasteiger partial charge in [-0.3, -0.25) is 9.59 Å². The maximum atomic E-state index is 12.7. The van der Waals surface area contributed by atoms with Crippen LogP contribution in [0, 0.1) is 11.8 Å². The van der Waals surface area contributed by atoms with Gasteiger partial charge in [0.15, 0.2) is 0 Å². The van der Waals surface area contributed by atoms with Crippen molar-refractivity contribution in [2.75, 3.05) is 26.2 Å². The second-order valence-electron chi connectivity index (χ2n) is 7.84. The third kappa shape index (κ3) is 5.98. The first-order chi connectivity index (χ1) is 13.2. The Kier molecular flexibility index (Phi) is 7.13. The summed E-state index contributed by atoms with van der Waals surface area (Å²) in [5, 5.41) is 3.04. The fraction of sp³-hybridized carbons (Fsp3) is 0.636. The summed E-state index contributed by atoms with van der Waals surface area (Å²) in [6.07, 6.45) is 7.37. The van der Waals surface area contributed by atoms with Crippen molar-refractivity contribution in [1.29, 1.82) is 0 Å². The lowest BCUT2D eigenvalue weighted by Gasteiger charge is -2.31. The Bertz CT molecular complexity index is 617. The quantitative estimate of drug-likeness (QED) is 0.674. The Balaban J connectivity index is 1.41. The summed E-state index contributed by atoms with van der Waals surface area (Å²) in [5.74, 6) is 1.78. The van der Waals surface area contributed by atoms with Crippen LogP contribution in [0.5, 0.6) is 5.75 Å². The number of benzene rings is 1. The molecule has 0 spiro atoms. The highest BCUT2D eigenvalue weighted by atomic mass is 16.5. The van der Waals surface area contributed by atoms with Gasteiger partial charge in [-0.2, -0.15) is 0 Å². The van der Waals surface area contributed by atoms with Gasteiger partial charge in [0.1, 0.15) is 5.75 Å². The largest absolute Gasteiger partial charge is 0.493 e. The van der Waals surface area contributed by atoms with Crippen LogP contribution >= 0.6 is 0 Å². The summed E-state index contributed by atoms with van der Waals surface area (Å²) >= 11 is 0. The second kappa shape index (κ2) is 9.77. The fourth-order valence-electron chi connectivity index (χ4n) is 3.45. The Morgan fingerprint density at radius 1 is 1.07 bits per heavy atom. The number of carbonyl (C=O) groups is 2. The zero-order chi connectivity index (χ0) is 19.1. The van der Waals surface area contributed by atoms with Gasteiger partial charge in [-0.25, -0.2) is 0 Å². The predicted molar refractivity (Wildman–Crippen MR) is 106 cm³/mol. The van der Waals surface area contributed by atoms with Gasteiger partial charge in [0.2, 0.25) is 5.91 Å². The van der Waals surface area contributed by atoms with Crippen molar-refractivity contribution < 1.29 is 14.3 Å². The molecule has 1 saturated heterocycles. The lowest BCUT2D eigenvalue weighted by Crippen LogP contribution is -2.43. The van der Waals surface area contributed by atoms with Gasteiger partial charge in [0, 0.05) is 31.1 Å². The molecule has 0 radical (unpaired) electrons. The molecular formula is C22H32N2O3. The van der Waals surface area contributed by atoms with E-state index in [4.69, 9.17) is 4.74 Å². The van der Waals surface area contributed by atoms with Crippen LogP contribution < -0.4 is 10.1 Å². The summed E-state index contributed by atoms with van der Waals surface area (Å²) < 4.78 is 5.73. The van der Waals surface area contributed by atoms with Crippen molar-refractivity contribution in [3.8, 4) is 5.75 Å². The zero-order valence-electron chi connectivity index (χ0n) is 16.4. The number of hydrogen-bond acceptors (Lipinski definition) is 3. The van der Waals surface area contributed by atoms with Crippen molar-refractivity contribution in [2.45, 2.75) is 51.9 Å². The number of piperidine rings is 1. The summed E-state index contributed by atoms with van der Waals surface area (Å²) in [4.78, 5) is 26.8. The van der Waals surface area contributed by atoms with Crippen LogP contribution in [-0.4, -0.2) is 43.0 Å². The maximum absolute atomic E-state index is 12.7. The molecule has 1 aromatic rings. The molecule has 0 unspecified atom stereocenters.